The summed E-state index contributed by atoms with van der Waals surface area (Å²) in [5, 5.41) is 1.59. The highest BCUT2D eigenvalue weighted by Gasteiger charge is 2.33. The second kappa shape index (κ2) is 12.8. The minimum Gasteiger partial charge on any atom is -0.493 e. The quantitative estimate of drug-likeness (QED) is 0.209. The number of fused-ring (bicyclic) bond motifs is 1. The molecule has 1 aliphatic heterocycles. The third-order valence-electron chi connectivity index (χ3n) is 6.59. The van der Waals surface area contributed by atoms with Crippen molar-refractivity contribution in [1.29, 1.82) is 0 Å². The minimum atomic E-state index is -0.718. The number of rotatable bonds is 8. The van der Waals surface area contributed by atoms with Gasteiger partial charge in [-0.05, 0) is 67.4 Å². The number of allylic oxidation sites excluding steroid dienone is 1. The number of nitrogens with zero attached hydrogens (tertiary/aromatic N) is 2. The van der Waals surface area contributed by atoms with Crippen molar-refractivity contribution in [2.45, 2.75) is 26.5 Å². The Morgan fingerprint density at radius 3 is 2.45 bits per heavy atom. The first-order valence-corrected chi connectivity index (χ1v) is 14.8. The molecule has 0 unspecified atom stereocenters. The Hall–Kier alpha value is -3.56. The van der Waals surface area contributed by atoms with Crippen LogP contribution in [0.2, 0.25) is 15.1 Å². The lowest BCUT2D eigenvalue weighted by Gasteiger charge is -2.24. The second-order valence-corrected chi connectivity index (χ2v) is 11.6. The molecule has 0 bridgehead atoms. The number of hydrogen-bond donors (Lipinski definition) is 0. The molecule has 0 spiro atoms. The van der Waals surface area contributed by atoms with E-state index >= 15 is 0 Å². The Bertz CT molecular complexity index is 1880. The molecule has 7 nitrogen and oxygen atoms in total. The predicted octanol–water partition coefficient (Wildman–Crippen LogP) is 6.35. The lowest BCUT2D eigenvalue weighted by atomic mass is 9.96. The summed E-state index contributed by atoms with van der Waals surface area (Å²) in [6.07, 6.45) is 1.76. The van der Waals surface area contributed by atoms with Crippen LogP contribution in [0.15, 0.2) is 81.7 Å². The van der Waals surface area contributed by atoms with Gasteiger partial charge in [-0.15, -0.1) is 0 Å². The topological polar surface area (TPSA) is 79.1 Å². The Morgan fingerprint density at radius 1 is 1.02 bits per heavy atom. The van der Waals surface area contributed by atoms with E-state index in [1.165, 1.54) is 15.9 Å². The van der Waals surface area contributed by atoms with Crippen LogP contribution in [0.4, 0.5) is 0 Å². The maximum atomic E-state index is 13.8. The van der Waals surface area contributed by atoms with E-state index in [2.05, 4.69) is 4.99 Å². The average Bonchev–Trinajstić information content (AvgIpc) is 3.26. The van der Waals surface area contributed by atoms with Gasteiger partial charge in [0.15, 0.2) is 16.3 Å². The average molecular weight is 644 g/mol. The number of methoxy groups -OCH3 is 1. The third kappa shape index (κ3) is 6.13. The number of esters is 1. The van der Waals surface area contributed by atoms with Gasteiger partial charge in [0.2, 0.25) is 0 Å². The maximum absolute atomic E-state index is 13.8. The van der Waals surface area contributed by atoms with Crippen LogP contribution in [-0.2, 0) is 16.1 Å². The number of hydrogen-bond acceptors (Lipinski definition) is 7. The highest BCUT2D eigenvalue weighted by atomic mass is 35.5. The number of thiazole rings is 1. The van der Waals surface area contributed by atoms with Gasteiger partial charge in [-0.1, -0.05) is 70.4 Å². The number of aromatic nitrogens is 1. The lowest BCUT2D eigenvalue weighted by molar-refractivity contribution is -0.139. The monoisotopic (exact) mass is 642 g/mol. The van der Waals surface area contributed by atoms with Gasteiger partial charge < -0.3 is 14.2 Å². The van der Waals surface area contributed by atoms with Gasteiger partial charge in [-0.25, -0.2) is 9.79 Å². The molecule has 1 aliphatic rings. The van der Waals surface area contributed by atoms with E-state index in [0.29, 0.717) is 52.7 Å². The molecule has 11 heteroatoms. The molecule has 1 aromatic heterocycles. The van der Waals surface area contributed by atoms with Crippen LogP contribution in [0.25, 0.3) is 6.08 Å². The van der Waals surface area contributed by atoms with Crippen molar-refractivity contribution < 1.29 is 19.0 Å². The molecule has 4 aromatic rings. The first-order chi connectivity index (χ1) is 20.2. The molecule has 0 aliphatic carbocycles. The van der Waals surface area contributed by atoms with E-state index < -0.39 is 12.0 Å². The van der Waals surface area contributed by atoms with Gasteiger partial charge in [0, 0.05) is 20.6 Å². The fourth-order valence-electron chi connectivity index (χ4n) is 4.59. The van der Waals surface area contributed by atoms with Crippen molar-refractivity contribution in [2.24, 2.45) is 4.99 Å². The Kier molecular flexibility index (Phi) is 9.08. The Morgan fingerprint density at radius 2 is 1.76 bits per heavy atom. The molecule has 1 atom stereocenters. The molecule has 42 heavy (non-hydrogen) atoms. The summed E-state index contributed by atoms with van der Waals surface area (Å²) in [4.78, 5) is 32.0. The van der Waals surface area contributed by atoms with Crippen LogP contribution in [0.1, 0.15) is 36.6 Å². The molecule has 2 heterocycles. The fourth-order valence-corrected chi connectivity index (χ4v) is 6.23. The first kappa shape index (κ1) is 29.9. The molecule has 216 valence electrons. The summed E-state index contributed by atoms with van der Waals surface area (Å²) in [5.74, 6) is 0.480. The molecular formula is C31H25Cl3N2O5S. The predicted molar refractivity (Wildman–Crippen MR) is 166 cm³/mol. The summed E-state index contributed by atoms with van der Waals surface area (Å²) in [7, 11) is 1.54. The molecular weight excluding hydrogens is 619 g/mol. The van der Waals surface area contributed by atoms with Crippen LogP contribution < -0.4 is 24.4 Å². The standard InChI is InChI=1S/C31H25Cl3N2O5S/c1-4-40-30(38)27-17(2)35-31-36(28(27)19-6-9-21(32)10-7-19)29(37)26(42-31)14-18-5-12-24(25(13-18)39-3)41-16-20-8-11-22(33)15-23(20)34/h5-15,28H,4,16H2,1-3H3/b26-14-/t28-/m1/s1. The minimum absolute atomic E-state index is 0.196. The largest absolute Gasteiger partial charge is 0.493 e. The van der Waals surface area contributed by atoms with Gasteiger partial charge >= 0.3 is 5.97 Å². The molecule has 0 amide bonds. The van der Waals surface area contributed by atoms with Gasteiger partial charge in [0.05, 0.1) is 35.6 Å². The van der Waals surface area contributed by atoms with E-state index in [0.717, 1.165) is 11.1 Å². The Labute approximate surface area is 260 Å². The highest BCUT2D eigenvalue weighted by Crippen LogP contribution is 2.32. The van der Waals surface area contributed by atoms with E-state index in [1.54, 1.807) is 81.6 Å². The van der Waals surface area contributed by atoms with Gasteiger partial charge in [0.25, 0.3) is 5.56 Å². The van der Waals surface area contributed by atoms with E-state index in [9.17, 15) is 9.59 Å². The molecule has 5 rings (SSSR count). The van der Waals surface area contributed by atoms with Gasteiger partial charge in [-0.3, -0.25) is 9.36 Å². The third-order valence-corrected chi connectivity index (χ3v) is 8.41. The summed E-state index contributed by atoms with van der Waals surface area (Å²) in [6, 6.07) is 16.9. The molecule has 3 aromatic carbocycles. The molecule has 0 radical (unpaired) electrons. The number of carbonyl (C=O) groups is 1. The van der Waals surface area contributed by atoms with Gasteiger partial charge in [0.1, 0.15) is 6.61 Å². The summed E-state index contributed by atoms with van der Waals surface area (Å²) in [6.45, 7) is 3.89. The molecule has 0 saturated carbocycles. The van der Waals surface area contributed by atoms with Crippen LogP contribution in [0, 0.1) is 0 Å². The van der Waals surface area contributed by atoms with Crippen molar-refractivity contribution in [1.82, 2.24) is 4.57 Å². The van der Waals surface area contributed by atoms with Crippen LogP contribution in [0.5, 0.6) is 11.5 Å². The zero-order chi connectivity index (χ0) is 30.0. The van der Waals surface area contributed by atoms with E-state index in [1.807, 2.05) is 6.07 Å². The molecule has 0 saturated heterocycles. The van der Waals surface area contributed by atoms with Crippen molar-refractivity contribution in [3.8, 4) is 11.5 Å². The van der Waals surface area contributed by atoms with Crippen molar-refractivity contribution in [3.63, 3.8) is 0 Å². The number of carbonyl (C=O) groups excluding carboxylic acids is 1. The zero-order valence-corrected chi connectivity index (χ0v) is 25.9. The zero-order valence-electron chi connectivity index (χ0n) is 22.8. The van der Waals surface area contributed by atoms with Crippen molar-refractivity contribution in [2.75, 3.05) is 13.7 Å². The normalized spacial score (nSPS) is 14.8. The smallest absolute Gasteiger partial charge is 0.338 e. The number of halogens is 3. The first-order valence-electron chi connectivity index (χ1n) is 12.9. The maximum Gasteiger partial charge on any atom is 0.338 e. The van der Waals surface area contributed by atoms with E-state index in [4.69, 9.17) is 49.0 Å². The van der Waals surface area contributed by atoms with Crippen LogP contribution in [0.3, 0.4) is 0 Å². The summed E-state index contributed by atoms with van der Waals surface area (Å²) < 4.78 is 18.8. The summed E-state index contributed by atoms with van der Waals surface area (Å²) >= 11 is 19.6. The second-order valence-electron chi connectivity index (χ2n) is 9.29. The Balaban J connectivity index is 1.53. The SMILES string of the molecule is CCOC(=O)C1=C(C)N=c2s/c(=C\c3ccc(OCc4ccc(Cl)cc4Cl)c(OC)c3)c(=O)n2[C@@H]1c1ccc(Cl)cc1. The van der Waals surface area contributed by atoms with Crippen molar-refractivity contribution in [3.05, 3.63) is 123 Å². The van der Waals surface area contributed by atoms with Crippen LogP contribution >= 0.6 is 46.1 Å². The summed E-state index contributed by atoms with van der Waals surface area (Å²) in [5.41, 5.74) is 2.73. The highest BCUT2D eigenvalue weighted by molar-refractivity contribution is 7.07. The fraction of sp³-hybridized carbons (Fsp3) is 0.194. The van der Waals surface area contributed by atoms with Crippen molar-refractivity contribution >= 4 is 58.2 Å². The lowest BCUT2D eigenvalue weighted by Crippen LogP contribution is -2.39. The molecule has 0 fully saturated rings. The van der Waals surface area contributed by atoms with E-state index in [-0.39, 0.29) is 18.8 Å². The molecule has 0 N–H and O–H groups in total. The number of ether oxygens (including phenoxy) is 3. The van der Waals surface area contributed by atoms with Crippen LogP contribution in [-0.4, -0.2) is 24.3 Å². The number of benzene rings is 3. The van der Waals surface area contributed by atoms with Gasteiger partial charge in [-0.2, -0.15) is 0 Å².